The van der Waals surface area contributed by atoms with Gasteiger partial charge >= 0.3 is 5.97 Å². The fourth-order valence-corrected chi connectivity index (χ4v) is 3.57. The van der Waals surface area contributed by atoms with Crippen LogP contribution in [0.3, 0.4) is 0 Å². The summed E-state index contributed by atoms with van der Waals surface area (Å²) in [6, 6.07) is 10.2. The van der Waals surface area contributed by atoms with Crippen LogP contribution in [0, 0.1) is 0 Å². The van der Waals surface area contributed by atoms with E-state index >= 15 is 0 Å². The number of halogens is 1. The Kier molecular flexibility index (Phi) is 4.68. The van der Waals surface area contributed by atoms with E-state index in [0.717, 1.165) is 16.8 Å². The standard InChI is InChI=1S/C17H18BrNO2/c1-19(2)15-10-8-13(9-11-16(20)21)12-17(15,18)14-6-4-3-5-7-14/h3-11H,12H2,1-2H3,(H,20,21). The van der Waals surface area contributed by atoms with Gasteiger partial charge in [-0.05, 0) is 23.6 Å². The van der Waals surface area contributed by atoms with Crippen LogP contribution in [-0.2, 0) is 9.12 Å². The number of likely N-dealkylation sites (N-methyl/N-ethyl adjacent to an activating group) is 1. The number of aliphatic carboxylic acids is 1. The average Bonchev–Trinajstić information content (AvgIpc) is 2.45. The minimum Gasteiger partial charge on any atom is -0.478 e. The minimum absolute atomic E-state index is 0.343. The average molecular weight is 348 g/mol. The highest BCUT2D eigenvalue weighted by molar-refractivity contribution is 9.09. The van der Waals surface area contributed by atoms with Crippen molar-refractivity contribution in [3.8, 4) is 0 Å². The monoisotopic (exact) mass is 347 g/mol. The molecule has 1 atom stereocenters. The lowest BCUT2D eigenvalue weighted by molar-refractivity contribution is -0.131. The molecule has 3 nitrogen and oxygen atoms in total. The Balaban J connectivity index is 2.43. The summed E-state index contributed by atoms with van der Waals surface area (Å²) in [6.07, 6.45) is 7.54. The summed E-state index contributed by atoms with van der Waals surface area (Å²) in [5.41, 5.74) is 3.27. The first-order valence-corrected chi connectivity index (χ1v) is 7.47. The van der Waals surface area contributed by atoms with Gasteiger partial charge in [-0.1, -0.05) is 58.4 Å². The molecule has 21 heavy (non-hydrogen) atoms. The third-order valence-corrected chi connectivity index (χ3v) is 4.61. The van der Waals surface area contributed by atoms with Gasteiger partial charge in [0.1, 0.15) is 0 Å². The summed E-state index contributed by atoms with van der Waals surface area (Å²) in [5, 5.41) is 8.78. The van der Waals surface area contributed by atoms with Gasteiger partial charge in [0.15, 0.2) is 0 Å². The van der Waals surface area contributed by atoms with Crippen LogP contribution in [0.1, 0.15) is 12.0 Å². The van der Waals surface area contributed by atoms with Crippen LogP contribution in [0.25, 0.3) is 0 Å². The zero-order chi connectivity index (χ0) is 15.5. The van der Waals surface area contributed by atoms with Crippen molar-refractivity contribution in [1.29, 1.82) is 0 Å². The van der Waals surface area contributed by atoms with E-state index in [2.05, 4.69) is 33.0 Å². The van der Waals surface area contributed by atoms with Crippen molar-refractivity contribution in [2.45, 2.75) is 10.7 Å². The second-order valence-electron chi connectivity index (χ2n) is 5.20. The summed E-state index contributed by atoms with van der Waals surface area (Å²) in [7, 11) is 4.02. The molecule has 4 heteroatoms. The Morgan fingerprint density at radius 3 is 2.52 bits per heavy atom. The van der Waals surface area contributed by atoms with Crippen LogP contribution >= 0.6 is 15.9 Å². The largest absolute Gasteiger partial charge is 0.478 e. The molecule has 0 aromatic heterocycles. The number of carbonyl (C=O) groups is 1. The molecule has 0 amide bonds. The molecule has 0 saturated carbocycles. The van der Waals surface area contributed by atoms with Crippen LogP contribution in [0.4, 0.5) is 0 Å². The molecule has 1 aliphatic rings. The molecule has 0 bridgehead atoms. The molecule has 1 N–H and O–H groups in total. The fourth-order valence-electron chi connectivity index (χ4n) is 2.50. The van der Waals surface area contributed by atoms with Crippen LogP contribution in [0.15, 0.2) is 65.9 Å². The summed E-state index contributed by atoms with van der Waals surface area (Å²) in [6.45, 7) is 0. The van der Waals surface area contributed by atoms with Gasteiger partial charge in [-0.25, -0.2) is 4.79 Å². The van der Waals surface area contributed by atoms with Gasteiger partial charge in [-0.15, -0.1) is 0 Å². The first-order chi connectivity index (χ1) is 9.93. The molecule has 0 fully saturated rings. The number of rotatable bonds is 4. The zero-order valence-corrected chi connectivity index (χ0v) is 13.7. The first kappa shape index (κ1) is 15.6. The number of nitrogens with zero attached hydrogens (tertiary/aromatic N) is 1. The Hall–Kier alpha value is -1.81. The molecule has 0 spiro atoms. The molecule has 0 radical (unpaired) electrons. The number of benzene rings is 1. The van der Waals surface area contributed by atoms with Gasteiger partial charge in [0.05, 0.1) is 4.32 Å². The van der Waals surface area contributed by atoms with Gasteiger partial charge in [-0.3, -0.25) is 0 Å². The molecule has 0 heterocycles. The number of allylic oxidation sites excluding steroid dienone is 5. The second kappa shape index (κ2) is 6.31. The molecule has 1 unspecified atom stereocenters. The summed E-state index contributed by atoms with van der Waals surface area (Å²) < 4.78 is -0.343. The third kappa shape index (κ3) is 3.45. The Labute approximate surface area is 133 Å². The van der Waals surface area contributed by atoms with Crippen LogP contribution in [0.5, 0.6) is 0 Å². The summed E-state index contributed by atoms with van der Waals surface area (Å²) >= 11 is 3.89. The molecule has 1 aromatic rings. The second-order valence-corrected chi connectivity index (χ2v) is 6.56. The minimum atomic E-state index is -0.932. The smallest absolute Gasteiger partial charge is 0.328 e. The number of hydrogen-bond acceptors (Lipinski definition) is 2. The first-order valence-electron chi connectivity index (χ1n) is 6.67. The third-order valence-electron chi connectivity index (χ3n) is 3.46. The quantitative estimate of drug-likeness (QED) is 0.666. The lowest BCUT2D eigenvalue weighted by Crippen LogP contribution is -2.32. The summed E-state index contributed by atoms with van der Waals surface area (Å²) in [4.78, 5) is 12.8. The van der Waals surface area contributed by atoms with Crippen LogP contribution < -0.4 is 0 Å². The topological polar surface area (TPSA) is 40.5 Å². The van der Waals surface area contributed by atoms with Crippen molar-refractivity contribution in [1.82, 2.24) is 4.90 Å². The van der Waals surface area contributed by atoms with Gasteiger partial charge in [0, 0.05) is 25.9 Å². The fraction of sp³-hybridized carbons (Fsp3) is 0.235. The van der Waals surface area contributed by atoms with Crippen molar-refractivity contribution in [3.63, 3.8) is 0 Å². The maximum absolute atomic E-state index is 10.7. The zero-order valence-electron chi connectivity index (χ0n) is 12.1. The van der Waals surface area contributed by atoms with E-state index in [-0.39, 0.29) is 4.32 Å². The normalized spacial score (nSPS) is 21.9. The molecule has 1 aliphatic carbocycles. The van der Waals surface area contributed by atoms with E-state index in [0.29, 0.717) is 6.42 Å². The number of carboxylic acid groups (broad SMARTS) is 1. The number of alkyl halides is 1. The van der Waals surface area contributed by atoms with E-state index in [9.17, 15) is 4.79 Å². The van der Waals surface area contributed by atoms with Gasteiger partial charge < -0.3 is 10.0 Å². The molecule has 0 aliphatic heterocycles. The molecule has 110 valence electrons. The SMILES string of the molecule is CN(C)C1=CC=C(C=CC(=O)O)CC1(Br)c1ccccc1. The highest BCUT2D eigenvalue weighted by Gasteiger charge is 2.36. The van der Waals surface area contributed by atoms with Crippen molar-refractivity contribution in [3.05, 3.63) is 71.5 Å². The Morgan fingerprint density at radius 2 is 1.95 bits per heavy atom. The maximum atomic E-state index is 10.7. The van der Waals surface area contributed by atoms with Gasteiger partial charge in [-0.2, -0.15) is 0 Å². The summed E-state index contributed by atoms with van der Waals surface area (Å²) in [5.74, 6) is -0.932. The van der Waals surface area contributed by atoms with E-state index in [4.69, 9.17) is 5.11 Å². The predicted molar refractivity (Wildman–Crippen MR) is 88.3 cm³/mol. The molecule has 0 saturated heterocycles. The Morgan fingerprint density at radius 1 is 1.29 bits per heavy atom. The van der Waals surface area contributed by atoms with Crippen molar-refractivity contribution in [2.24, 2.45) is 0 Å². The van der Waals surface area contributed by atoms with Crippen molar-refractivity contribution < 1.29 is 9.90 Å². The van der Waals surface area contributed by atoms with E-state index in [1.165, 1.54) is 6.08 Å². The molecular formula is C17H18BrNO2. The molecule has 1 aromatic carbocycles. The van der Waals surface area contributed by atoms with Crippen LogP contribution in [0.2, 0.25) is 0 Å². The molecule has 2 rings (SSSR count). The number of carboxylic acids is 1. The van der Waals surface area contributed by atoms with Crippen LogP contribution in [-0.4, -0.2) is 30.1 Å². The van der Waals surface area contributed by atoms with E-state index in [1.807, 2.05) is 44.4 Å². The lowest BCUT2D eigenvalue weighted by atomic mass is 9.84. The van der Waals surface area contributed by atoms with Gasteiger partial charge in [0.2, 0.25) is 0 Å². The van der Waals surface area contributed by atoms with Gasteiger partial charge in [0.25, 0.3) is 0 Å². The predicted octanol–water partition coefficient (Wildman–Crippen LogP) is 3.69. The van der Waals surface area contributed by atoms with E-state index in [1.54, 1.807) is 6.08 Å². The van der Waals surface area contributed by atoms with Crippen molar-refractivity contribution in [2.75, 3.05) is 14.1 Å². The van der Waals surface area contributed by atoms with E-state index < -0.39 is 5.97 Å². The molecular weight excluding hydrogens is 330 g/mol. The number of hydrogen-bond donors (Lipinski definition) is 1. The Bertz CT molecular complexity index is 617. The maximum Gasteiger partial charge on any atom is 0.328 e. The lowest BCUT2D eigenvalue weighted by Gasteiger charge is -2.37. The highest BCUT2D eigenvalue weighted by atomic mass is 79.9. The highest BCUT2D eigenvalue weighted by Crippen LogP contribution is 2.47. The van der Waals surface area contributed by atoms with Crippen molar-refractivity contribution >= 4 is 21.9 Å².